The van der Waals surface area contributed by atoms with Crippen LogP contribution in [-0.4, -0.2) is 26.1 Å². The van der Waals surface area contributed by atoms with E-state index in [4.69, 9.17) is 4.74 Å². The number of hydrogen-bond acceptors (Lipinski definition) is 3. The maximum atomic E-state index is 11.4. The summed E-state index contributed by atoms with van der Waals surface area (Å²) in [5.74, 6) is 0.403. The van der Waals surface area contributed by atoms with Gasteiger partial charge in [-0.1, -0.05) is 36.4 Å². The van der Waals surface area contributed by atoms with E-state index in [9.17, 15) is 4.79 Å². The third-order valence-corrected chi connectivity index (χ3v) is 3.77. The van der Waals surface area contributed by atoms with Crippen LogP contribution >= 0.6 is 0 Å². The second-order valence-electron chi connectivity index (χ2n) is 5.39. The first-order valence-electron chi connectivity index (χ1n) is 7.80. The summed E-state index contributed by atoms with van der Waals surface area (Å²) in [6, 6.07) is 15.6. The van der Waals surface area contributed by atoms with Gasteiger partial charge in [-0.05, 0) is 35.7 Å². The summed E-state index contributed by atoms with van der Waals surface area (Å²) in [6.45, 7) is 3.43. The first kappa shape index (κ1) is 17.5. The first-order chi connectivity index (χ1) is 11.6. The number of guanidine groups is 1. The molecule has 0 atom stereocenters. The molecule has 0 saturated heterocycles. The van der Waals surface area contributed by atoms with Crippen molar-refractivity contribution in [3.63, 3.8) is 0 Å². The van der Waals surface area contributed by atoms with Gasteiger partial charge >= 0.3 is 5.97 Å². The van der Waals surface area contributed by atoms with Crippen LogP contribution < -0.4 is 10.6 Å². The predicted octanol–water partition coefficient (Wildman–Crippen LogP) is 2.65. The van der Waals surface area contributed by atoms with Crippen molar-refractivity contribution in [2.45, 2.75) is 20.0 Å². The standard InChI is InChI=1S/C19H23N3O2/c1-14-6-4-5-7-17(14)13-22-19(20-2)21-12-15-8-10-16(11-9-15)18(23)24-3/h4-11H,12-13H2,1-3H3,(H2,20,21,22). The molecule has 0 unspecified atom stereocenters. The van der Waals surface area contributed by atoms with Gasteiger partial charge in [0.05, 0.1) is 12.7 Å². The van der Waals surface area contributed by atoms with Gasteiger partial charge in [0.1, 0.15) is 0 Å². The Kier molecular flexibility index (Phi) is 6.37. The van der Waals surface area contributed by atoms with E-state index in [1.807, 2.05) is 24.3 Å². The number of aryl methyl sites for hydroxylation is 1. The average Bonchev–Trinajstić information content (AvgIpc) is 2.63. The van der Waals surface area contributed by atoms with Gasteiger partial charge in [0.15, 0.2) is 5.96 Å². The molecule has 5 nitrogen and oxygen atoms in total. The van der Waals surface area contributed by atoms with Crippen LogP contribution in [0.2, 0.25) is 0 Å². The molecule has 0 aliphatic rings. The van der Waals surface area contributed by atoms with Crippen LogP contribution in [0.1, 0.15) is 27.0 Å². The van der Waals surface area contributed by atoms with Crippen LogP contribution in [0.15, 0.2) is 53.5 Å². The van der Waals surface area contributed by atoms with Crippen LogP contribution in [-0.2, 0) is 17.8 Å². The van der Waals surface area contributed by atoms with Gasteiger partial charge in [0.2, 0.25) is 0 Å². The van der Waals surface area contributed by atoms with Crippen molar-refractivity contribution >= 4 is 11.9 Å². The second-order valence-corrected chi connectivity index (χ2v) is 5.39. The molecule has 2 aromatic rings. The van der Waals surface area contributed by atoms with Crippen molar-refractivity contribution in [3.05, 3.63) is 70.8 Å². The molecule has 0 saturated carbocycles. The smallest absolute Gasteiger partial charge is 0.337 e. The highest BCUT2D eigenvalue weighted by molar-refractivity contribution is 5.89. The Morgan fingerprint density at radius 1 is 1.04 bits per heavy atom. The van der Waals surface area contributed by atoms with Crippen molar-refractivity contribution in [3.8, 4) is 0 Å². The first-order valence-corrected chi connectivity index (χ1v) is 7.80. The molecule has 0 spiro atoms. The molecule has 2 aromatic carbocycles. The molecule has 126 valence electrons. The van der Waals surface area contributed by atoms with E-state index in [0.29, 0.717) is 18.7 Å². The highest BCUT2D eigenvalue weighted by Crippen LogP contribution is 2.07. The second kappa shape index (κ2) is 8.72. The van der Waals surface area contributed by atoms with Gasteiger partial charge in [-0.25, -0.2) is 4.79 Å². The van der Waals surface area contributed by atoms with Crippen LogP contribution in [0.25, 0.3) is 0 Å². The fourth-order valence-electron chi connectivity index (χ4n) is 2.27. The van der Waals surface area contributed by atoms with Crippen LogP contribution in [0.5, 0.6) is 0 Å². The molecule has 0 bridgehead atoms. The number of ether oxygens (including phenoxy) is 1. The van der Waals surface area contributed by atoms with Crippen LogP contribution in [0, 0.1) is 6.92 Å². The highest BCUT2D eigenvalue weighted by Gasteiger charge is 2.05. The molecular weight excluding hydrogens is 302 g/mol. The number of nitrogens with zero attached hydrogens (tertiary/aromatic N) is 1. The Balaban J connectivity index is 1.87. The van der Waals surface area contributed by atoms with Crippen molar-refractivity contribution in [2.24, 2.45) is 4.99 Å². The number of benzene rings is 2. The molecule has 0 aliphatic carbocycles. The summed E-state index contributed by atoms with van der Waals surface area (Å²) >= 11 is 0. The van der Waals surface area contributed by atoms with Gasteiger partial charge in [-0.15, -0.1) is 0 Å². The molecular formula is C19H23N3O2. The maximum absolute atomic E-state index is 11.4. The minimum Gasteiger partial charge on any atom is -0.465 e. The number of esters is 1. The van der Waals surface area contributed by atoms with Gasteiger partial charge in [0.25, 0.3) is 0 Å². The van der Waals surface area contributed by atoms with Crippen molar-refractivity contribution in [1.82, 2.24) is 10.6 Å². The zero-order valence-corrected chi connectivity index (χ0v) is 14.3. The zero-order valence-electron chi connectivity index (χ0n) is 14.3. The average molecular weight is 325 g/mol. The summed E-state index contributed by atoms with van der Waals surface area (Å²) < 4.78 is 4.69. The topological polar surface area (TPSA) is 62.7 Å². The molecule has 24 heavy (non-hydrogen) atoms. The number of aliphatic imine (C=N–C) groups is 1. The zero-order chi connectivity index (χ0) is 17.4. The van der Waals surface area contributed by atoms with E-state index in [2.05, 4.69) is 34.7 Å². The Morgan fingerprint density at radius 2 is 1.71 bits per heavy atom. The summed E-state index contributed by atoms with van der Waals surface area (Å²) in [7, 11) is 3.12. The van der Waals surface area contributed by atoms with Crippen LogP contribution in [0.3, 0.4) is 0 Å². The molecule has 2 rings (SSSR count). The van der Waals surface area contributed by atoms with E-state index in [1.165, 1.54) is 18.2 Å². The quantitative estimate of drug-likeness (QED) is 0.504. The van der Waals surface area contributed by atoms with E-state index in [-0.39, 0.29) is 5.97 Å². The maximum Gasteiger partial charge on any atom is 0.337 e. The van der Waals surface area contributed by atoms with E-state index in [1.54, 1.807) is 19.2 Å². The SMILES string of the molecule is CN=C(NCc1ccc(C(=O)OC)cc1)NCc1ccccc1C. The summed E-state index contributed by atoms with van der Waals surface area (Å²) in [5.41, 5.74) is 4.09. The molecule has 0 heterocycles. The van der Waals surface area contributed by atoms with Gasteiger partial charge < -0.3 is 15.4 Å². The lowest BCUT2D eigenvalue weighted by Gasteiger charge is -2.13. The number of rotatable bonds is 5. The molecule has 0 amide bonds. The number of nitrogens with one attached hydrogen (secondary N) is 2. The van der Waals surface area contributed by atoms with Gasteiger partial charge in [-0.2, -0.15) is 0 Å². The molecule has 0 radical (unpaired) electrons. The Labute approximate surface area is 142 Å². The van der Waals surface area contributed by atoms with Crippen molar-refractivity contribution in [2.75, 3.05) is 14.2 Å². The third kappa shape index (κ3) is 4.84. The third-order valence-electron chi connectivity index (χ3n) is 3.77. The van der Waals surface area contributed by atoms with Crippen molar-refractivity contribution in [1.29, 1.82) is 0 Å². The fraction of sp³-hybridized carbons (Fsp3) is 0.263. The van der Waals surface area contributed by atoms with Gasteiger partial charge in [0, 0.05) is 20.1 Å². The van der Waals surface area contributed by atoms with Crippen LogP contribution in [0.4, 0.5) is 0 Å². The summed E-state index contributed by atoms with van der Waals surface area (Å²) in [4.78, 5) is 15.6. The Morgan fingerprint density at radius 3 is 2.33 bits per heavy atom. The van der Waals surface area contributed by atoms with Crippen molar-refractivity contribution < 1.29 is 9.53 Å². The largest absolute Gasteiger partial charge is 0.465 e. The summed E-state index contributed by atoms with van der Waals surface area (Å²) in [6.07, 6.45) is 0. The lowest BCUT2D eigenvalue weighted by atomic mass is 10.1. The molecule has 5 heteroatoms. The summed E-state index contributed by atoms with van der Waals surface area (Å²) in [5, 5.41) is 6.56. The Bertz CT molecular complexity index is 709. The number of carbonyl (C=O) groups excluding carboxylic acids is 1. The lowest BCUT2D eigenvalue weighted by molar-refractivity contribution is 0.0600. The molecule has 0 fully saturated rings. The minimum absolute atomic E-state index is 0.329. The van der Waals surface area contributed by atoms with E-state index < -0.39 is 0 Å². The van der Waals surface area contributed by atoms with E-state index >= 15 is 0 Å². The number of methoxy groups -OCH3 is 1. The predicted molar refractivity (Wildman–Crippen MR) is 96.0 cm³/mol. The number of hydrogen-bond donors (Lipinski definition) is 2. The molecule has 0 aromatic heterocycles. The van der Waals surface area contributed by atoms with Gasteiger partial charge in [-0.3, -0.25) is 4.99 Å². The molecule has 2 N–H and O–H groups in total. The normalized spacial score (nSPS) is 11.0. The molecule has 0 aliphatic heterocycles. The highest BCUT2D eigenvalue weighted by atomic mass is 16.5. The Hall–Kier alpha value is -2.82. The minimum atomic E-state index is -0.329. The number of carbonyl (C=O) groups is 1. The van der Waals surface area contributed by atoms with E-state index in [0.717, 1.165) is 11.5 Å². The fourth-order valence-corrected chi connectivity index (χ4v) is 2.27. The monoisotopic (exact) mass is 325 g/mol. The lowest BCUT2D eigenvalue weighted by Crippen LogP contribution is -2.36.